The molecule has 6 heteroatoms. The highest BCUT2D eigenvalue weighted by Crippen LogP contribution is 2.30. The van der Waals surface area contributed by atoms with Gasteiger partial charge >= 0.3 is 5.97 Å². The Bertz CT molecular complexity index is 856. The fraction of sp³-hybridized carbons (Fsp3) is 0.278. The zero-order chi connectivity index (χ0) is 17.3. The first-order valence-corrected chi connectivity index (χ1v) is 7.74. The quantitative estimate of drug-likeness (QED) is 0.924. The van der Waals surface area contributed by atoms with Crippen LogP contribution in [0, 0.1) is 6.92 Å². The molecule has 0 fully saturated rings. The number of amides is 1. The molecule has 1 atom stereocenters. The van der Waals surface area contributed by atoms with Crippen molar-refractivity contribution < 1.29 is 14.7 Å². The van der Waals surface area contributed by atoms with Gasteiger partial charge in [-0.05, 0) is 36.1 Å². The standard InChI is InChI=1S/C18H18N2O4/c1-12-6-8-19(15(21)10-12)11-16(22)20-9-7-13-4-2-3-5-14(13)17(20)18(23)24/h2-6,8,10,17H,7,9,11H2,1H3,(H,23,24). The van der Waals surface area contributed by atoms with Crippen molar-refractivity contribution in [2.45, 2.75) is 25.9 Å². The molecular formula is C18H18N2O4. The number of nitrogens with zero attached hydrogens (tertiary/aromatic N) is 2. The Morgan fingerprint density at radius 3 is 2.71 bits per heavy atom. The number of aryl methyl sites for hydroxylation is 1. The molecule has 1 unspecified atom stereocenters. The first-order valence-electron chi connectivity index (χ1n) is 7.74. The highest BCUT2D eigenvalue weighted by atomic mass is 16.4. The minimum Gasteiger partial charge on any atom is -0.479 e. The molecule has 2 aromatic rings. The van der Waals surface area contributed by atoms with Gasteiger partial charge < -0.3 is 14.6 Å². The van der Waals surface area contributed by atoms with Crippen LogP contribution >= 0.6 is 0 Å². The molecule has 3 rings (SSSR count). The van der Waals surface area contributed by atoms with E-state index >= 15 is 0 Å². The molecule has 0 radical (unpaired) electrons. The first kappa shape index (κ1) is 16.0. The van der Waals surface area contributed by atoms with Crippen molar-refractivity contribution in [3.8, 4) is 0 Å². The van der Waals surface area contributed by atoms with E-state index in [1.54, 1.807) is 31.3 Å². The van der Waals surface area contributed by atoms with Gasteiger partial charge in [-0.1, -0.05) is 24.3 Å². The molecule has 1 amide bonds. The summed E-state index contributed by atoms with van der Waals surface area (Å²) in [6.07, 6.45) is 2.16. The maximum absolute atomic E-state index is 12.6. The van der Waals surface area contributed by atoms with Crippen LogP contribution < -0.4 is 5.56 Å². The number of aliphatic carboxylic acids is 1. The van der Waals surface area contributed by atoms with E-state index in [2.05, 4.69) is 0 Å². The van der Waals surface area contributed by atoms with Crippen molar-refractivity contribution in [1.82, 2.24) is 9.47 Å². The Balaban J connectivity index is 1.89. The minimum absolute atomic E-state index is 0.162. The van der Waals surface area contributed by atoms with Crippen molar-refractivity contribution in [1.29, 1.82) is 0 Å². The number of hydrogen-bond acceptors (Lipinski definition) is 3. The average Bonchev–Trinajstić information content (AvgIpc) is 2.56. The lowest BCUT2D eigenvalue weighted by atomic mass is 9.92. The van der Waals surface area contributed by atoms with E-state index in [1.165, 1.54) is 15.5 Å². The van der Waals surface area contributed by atoms with Crippen molar-refractivity contribution in [2.24, 2.45) is 0 Å². The molecule has 0 bridgehead atoms. The molecule has 0 aliphatic carbocycles. The SMILES string of the molecule is Cc1ccn(CC(=O)N2CCc3ccccc3C2C(=O)O)c(=O)c1. The van der Waals surface area contributed by atoms with Crippen LogP contribution in [0.2, 0.25) is 0 Å². The maximum atomic E-state index is 12.6. The summed E-state index contributed by atoms with van der Waals surface area (Å²) in [5.41, 5.74) is 2.13. The molecule has 24 heavy (non-hydrogen) atoms. The Labute approximate surface area is 139 Å². The van der Waals surface area contributed by atoms with Crippen molar-refractivity contribution >= 4 is 11.9 Å². The second kappa shape index (κ2) is 6.31. The summed E-state index contributed by atoms with van der Waals surface area (Å²) >= 11 is 0. The fourth-order valence-corrected chi connectivity index (χ4v) is 3.08. The van der Waals surface area contributed by atoms with Gasteiger partial charge in [-0.2, -0.15) is 0 Å². The molecule has 1 aromatic heterocycles. The maximum Gasteiger partial charge on any atom is 0.331 e. The molecule has 1 N–H and O–H groups in total. The van der Waals surface area contributed by atoms with Gasteiger partial charge in [-0.25, -0.2) is 4.79 Å². The van der Waals surface area contributed by atoms with E-state index in [-0.39, 0.29) is 18.0 Å². The van der Waals surface area contributed by atoms with Crippen molar-refractivity contribution in [2.75, 3.05) is 6.54 Å². The minimum atomic E-state index is -1.06. The van der Waals surface area contributed by atoms with E-state index in [0.717, 1.165) is 11.1 Å². The second-order valence-electron chi connectivity index (χ2n) is 5.95. The zero-order valence-corrected chi connectivity index (χ0v) is 13.3. The monoisotopic (exact) mass is 326 g/mol. The third-order valence-corrected chi connectivity index (χ3v) is 4.29. The third-order valence-electron chi connectivity index (χ3n) is 4.29. The normalized spacial score (nSPS) is 16.5. The lowest BCUT2D eigenvalue weighted by Crippen LogP contribution is -2.45. The van der Waals surface area contributed by atoms with E-state index in [9.17, 15) is 19.5 Å². The van der Waals surface area contributed by atoms with Gasteiger partial charge in [0.15, 0.2) is 6.04 Å². The number of rotatable bonds is 3. The number of carbonyl (C=O) groups is 2. The summed E-state index contributed by atoms with van der Waals surface area (Å²) in [7, 11) is 0. The zero-order valence-electron chi connectivity index (χ0n) is 13.3. The van der Waals surface area contributed by atoms with Gasteiger partial charge in [-0.15, -0.1) is 0 Å². The number of carboxylic acids is 1. The summed E-state index contributed by atoms with van der Waals surface area (Å²) in [5.74, 6) is -1.44. The van der Waals surface area contributed by atoms with Crippen LogP contribution in [0.1, 0.15) is 22.7 Å². The van der Waals surface area contributed by atoms with Crippen LogP contribution in [-0.2, 0) is 22.6 Å². The fourth-order valence-electron chi connectivity index (χ4n) is 3.08. The van der Waals surface area contributed by atoms with E-state index in [4.69, 9.17) is 0 Å². The predicted octanol–water partition coefficient (Wildman–Crippen LogP) is 1.37. The van der Waals surface area contributed by atoms with Crippen molar-refractivity contribution in [3.63, 3.8) is 0 Å². The summed E-state index contributed by atoms with van der Waals surface area (Å²) < 4.78 is 1.30. The summed E-state index contributed by atoms with van der Waals surface area (Å²) in [6.45, 7) is 1.97. The molecule has 0 saturated heterocycles. The Kier molecular flexibility index (Phi) is 4.20. The van der Waals surface area contributed by atoms with Crippen LogP contribution in [0.15, 0.2) is 47.4 Å². The number of carbonyl (C=O) groups excluding carboxylic acids is 1. The van der Waals surface area contributed by atoms with Crippen LogP contribution in [0.3, 0.4) is 0 Å². The van der Waals surface area contributed by atoms with Crippen LogP contribution in [0.4, 0.5) is 0 Å². The highest BCUT2D eigenvalue weighted by molar-refractivity contribution is 5.85. The predicted molar refractivity (Wildman–Crippen MR) is 87.7 cm³/mol. The molecule has 0 spiro atoms. The average molecular weight is 326 g/mol. The van der Waals surface area contributed by atoms with Gasteiger partial charge in [-0.3, -0.25) is 9.59 Å². The van der Waals surface area contributed by atoms with Gasteiger partial charge in [0, 0.05) is 18.8 Å². The molecule has 6 nitrogen and oxygen atoms in total. The molecule has 124 valence electrons. The number of fused-ring (bicyclic) bond motifs is 1. The Hall–Kier alpha value is -2.89. The smallest absolute Gasteiger partial charge is 0.331 e. The van der Waals surface area contributed by atoms with Crippen molar-refractivity contribution in [3.05, 3.63) is 69.6 Å². The molecule has 1 aliphatic heterocycles. The summed E-state index contributed by atoms with van der Waals surface area (Å²) in [5, 5.41) is 9.60. The first-order chi connectivity index (χ1) is 11.5. The number of hydrogen-bond donors (Lipinski definition) is 1. The topological polar surface area (TPSA) is 79.6 Å². The number of benzene rings is 1. The van der Waals surface area contributed by atoms with Crippen LogP contribution in [0.5, 0.6) is 0 Å². The lowest BCUT2D eigenvalue weighted by molar-refractivity contribution is -0.151. The Morgan fingerprint density at radius 2 is 2.00 bits per heavy atom. The third kappa shape index (κ3) is 2.95. The van der Waals surface area contributed by atoms with E-state index in [0.29, 0.717) is 18.5 Å². The highest BCUT2D eigenvalue weighted by Gasteiger charge is 2.35. The Morgan fingerprint density at radius 1 is 1.25 bits per heavy atom. The van der Waals surface area contributed by atoms with Gasteiger partial charge in [0.05, 0.1) is 0 Å². The molecule has 0 saturated carbocycles. The summed E-state index contributed by atoms with van der Waals surface area (Å²) in [6, 6.07) is 9.45. The van der Waals surface area contributed by atoms with Gasteiger partial charge in [0.1, 0.15) is 6.54 Å². The number of aromatic nitrogens is 1. The van der Waals surface area contributed by atoms with Crippen LogP contribution in [0.25, 0.3) is 0 Å². The van der Waals surface area contributed by atoms with Crippen LogP contribution in [-0.4, -0.2) is 33.0 Å². The van der Waals surface area contributed by atoms with Gasteiger partial charge in [0.2, 0.25) is 5.91 Å². The molecule has 1 aliphatic rings. The number of carboxylic acid groups (broad SMARTS) is 1. The number of pyridine rings is 1. The van der Waals surface area contributed by atoms with Gasteiger partial charge in [0.25, 0.3) is 5.56 Å². The van der Waals surface area contributed by atoms with E-state index < -0.39 is 12.0 Å². The lowest BCUT2D eigenvalue weighted by Gasteiger charge is -2.34. The molecular weight excluding hydrogens is 308 g/mol. The molecule has 1 aromatic carbocycles. The largest absolute Gasteiger partial charge is 0.479 e. The summed E-state index contributed by atoms with van der Waals surface area (Å²) in [4.78, 5) is 37.7. The molecule has 2 heterocycles. The second-order valence-corrected chi connectivity index (χ2v) is 5.95. The van der Waals surface area contributed by atoms with E-state index in [1.807, 2.05) is 12.1 Å².